The summed E-state index contributed by atoms with van der Waals surface area (Å²) in [6.45, 7) is 6.94. The van der Waals surface area contributed by atoms with E-state index in [4.69, 9.17) is 0 Å². The number of carbonyl (C=O) groups excluding carboxylic acids is 1. The molecule has 0 aliphatic rings. The molecule has 1 aromatic carbocycles. The molecule has 0 aliphatic heterocycles. The van der Waals surface area contributed by atoms with Crippen molar-refractivity contribution in [2.75, 3.05) is 17.2 Å². The van der Waals surface area contributed by atoms with E-state index in [1.54, 1.807) is 12.4 Å². The van der Waals surface area contributed by atoms with E-state index in [2.05, 4.69) is 28.6 Å². The van der Waals surface area contributed by atoms with Crippen molar-refractivity contribution in [2.45, 2.75) is 27.2 Å². The van der Waals surface area contributed by atoms with E-state index in [9.17, 15) is 4.79 Å². The highest BCUT2D eigenvalue weighted by molar-refractivity contribution is 6.07. The number of nitrogens with zero attached hydrogens (tertiary/aromatic N) is 1. The molecule has 21 heavy (non-hydrogen) atoms. The van der Waals surface area contributed by atoms with Gasteiger partial charge in [0.05, 0.1) is 11.3 Å². The molecular formula is C17H21N3O. The molecule has 0 saturated carbocycles. The molecule has 2 N–H and O–H groups in total. The summed E-state index contributed by atoms with van der Waals surface area (Å²) in [6.07, 6.45) is 4.28. The molecule has 2 aromatic rings. The average Bonchev–Trinajstić information content (AvgIpc) is 2.44. The van der Waals surface area contributed by atoms with Crippen LogP contribution < -0.4 is 10.6 Å². The summed E-state index contributed by atoms with van der Waals surface area (Å²) in [7, 11) is 0. The fraction of sp³-hybridized carbons (Fsp3) is 0.294. The third-order valence-corrected chi connectivity index (χ3v) is 3.11. The number of anilines is 2. The second-order valence-electron chi connectivity index (χ2n) is 5.18. The Kier molecular flexibility index (Phi) is 4.93. The minimum atomic E-state index is -0.147. The highest BCUT2D eigenvalue weighted by atomic mass is 16.1. The van der Waals surface area contributed by atoms with Crippen LogP contribution in [0.4, 0.5) is 11.4 Å². The zero-order valence-electron chi connectivity index (χ0n) is 12.7. The number of pyridine rings is 1. The number of aromatic nitrogens is 1. The summed E-state index contributed by atoms with van der Waals surface area (Å²) in [4.78, 5) is 16.5. The molecule has 0 spiro atoms. The minimum absolute atomic E-state index is 0.147. The van der Waals surface area contributed by atoms with Gasteiger partial charge in [-0.25, -0.2) is 0 Å². The van der Waals surface area contributed by atoms with Gasteiger partial charge in [0.25, 0.3) is 5.91 Å². The van der Waals surface area contributed by atoms with E-state index in [1.807, 2.05) is 32.0 Å². The van der Waals surface area contributed by atoms with Crippen LogP contribution in [-0.2, 0) is 0 Å². The lowest BCUT2D eigenvalue weighted by molar-refractivity contribution is 0.102. The summed E-state index contributed by atoms with van der Waals surface area (Å²) < 4.78 is 0. The first-order chi connectivity index (χ1) is 10.1. The van der Waals surface area contributed by atoms with Gasteiger partial charge in [-0.1, -0.05) is 13.0 Å². The van der Waals surface area contributed by atoms with Crippen LogP contribution in [0.1, 0.15) is 34.8 Å². The van der Waals surface area contributed by atoms with Crippen molar-refractivity contribution >= 4 is 17.3 Å². The van der Waals surface area contributed by atoms with Crippen molar-refractivity contribution in [3.63, 3.8) is 0 Å². The lowest BCUT2D eigenvalue weighted by atomic mass is 10.1. The molecule has 110 valence electrons. The second-order valence-corrected chi connectivity index (χ2v) is 5.18. The topological polar surface area (TPSA) is 54.0 Å². The van der Waals surface area contributed by atoms with Crippen LogP contribution >= 0.6 is 0 Å². The Balaban J connectivity index is 2.20. The van der Waals surface area contributed by atoms with Gasteiger partial charge in [-0.05, 0) is 49.6 Å². The second kappa shape index (κ2) is 6.88. The first-order valence-electron chi connectivity index (χ1n) is 7.17. The van der Waals surface area contributed by atoms with E-state index in [1.165, 1.54) is 0 Å². The zero-order chi connectivity index (χ0) is 15.2. The number of hydrogen-bond donors (Lipinski definition) is 2. The number of hydrogen-bond acceptors (Lipinski definition) is 3. The maximum Gasteiger partial charge on any atom is 0.259 e. The predicted octanol–water partition coefficient (Wildman–Crippen LogP) is 3.77. The molecule has 0 bridgehead atoms. The Hall–Kier alpha value is -2.36. The van der Waals surface area contributed by atoms with E-state index in [-0.39, 0.29) is 5.91 Å². The third-order valence-electron chi connectivity index (χ3n) is 3.11. The smallest absolute Gasteiger partial charge is 0.259 e. The Bertz CT molecular complexity index is 617. The van der Waals surface area contributed by atoms with Gasteiger partial charge in [0.1, 0.15) is 0 Å². The number of carbonyl (C=O) groups is 1. The summed E-state index contributed by atoms with van der Waals surface area (Å²) in [6, 6.07) is 7.82. The number of nitrogens with one attached hydrogen (secondary N) is 2. The van der Waals surface area contributed by atoms with Gasteiger partial charge in [0.2, 0.25) is 0 Å². The first-order valence-corrected chi connectivity index (χ1v) is 7.17. The maximum atomic E-state index is 12.4. The van der Waals surface area contributed by atoms with Crippen molar-refractivity contribution < 1.29 is 4.79 Å². The summed E-state index contributed by atoms with van der Waals surface area (Å²) >= 11 is 0. The van der Waals surface area contributed by atoms with Crippen LogP contribution in [0.2, 0.25) is 0 Å². The predicted molar refractivity (Wildman–Crippen MR) is 86.9 cm³/mol. The highest BCUT2D eigenvalue weighted by Gasteiger charge is 2.11. The SMILES string of the molecule is CCCNc1ccncc1C(=O)Nc1cc(C)cc(C)c1. The van der Waals surface area contributed by atoms with E-state index in [0.29, 0.717) is 5.56 Å². The molecule has 1 heterocycles. The largest absolute Gasteiger partial charge is 0.384 e. The Morgan fingerprint density at radius 3 is 2.57 bits per heavy atom. The van der Waals surface area contributed by atoms with E-state index < -0.39 is 0 Å². The molecule has 4 nitrogen and oxygen atoms in total. The molecule has 0 saturated heterocycles. The lowest BCUT2D eigenvalue weighted by Gasteiger charge is -2.12. The fourth-order valence-electron chi connectivity index (χ4n) is 2.23. The van der Waals surface area contributed by atoms with Crippen molar-refractivity contribution in [1.29, 1.82) is 0 Å². The molecule has 1 amide bonds. The Morgan fingerprint density at radius 2 is 1.90 bits per heavy atom. The zero-order valence-corrected chi connectivity index (χ0v) is 12.7. The van der Waals surface area contributed by atoms with Crippen LogP contribution in [0.5, 0.6) is 0 Å². The van der Waals surface area contributed by atoms with Gasteiger partial charge < -0.3 is 10.6 Å². The quantitative estimate of drug-likeness (QED) is 0.878. The van der Waals surface area contributed by atoms with E-state index >= 15 is 0 Å². The number of benzene rings is 1. The monoisotopic (exact) mass is 283 g/mol. The number of amides is 1. The Labute approximate surface area is 125 Å². The van der Waals surface area contributed by atoms with Crippen LogP contribution in [0, 0.1) is 13.8 Å². The molecule has 0 unspecified atom stereocenters. The van der Waals surface area contributed by atoms with E-state index in [0.717, 1.165) is 35.5 Å². The molecule has 0 fully saturated rings. The lowest BCUT2D eigenvalue weighted by Crippen LogP contribution is -2.15. The highest BCUT2D eigenvalue weighted by Crippen LogP contribution is 2.18. The third kappa shape index (κ3) is 4.05. The summed E-state index contributed by atoms with van der Waals surface area (Å²) in [5.74, 6) is -0.147. The van der Waals surface area contributed by atoms with Gasteiger partial charge in [-0.3, -0.25) is 9.78 Å². The van der Waals surface area contributed by atoms with Crippen LogP contribution in [0.25, 0.3) is 0 Å². The van der Waals surface area contributed by atoms with Crippen LogP contribution in [-0.4, -0.2) is 17.4 Å². The molecule has 0 radical (unpaired) electrons. The minimum Gasteiger partial charge on any atom is -0.384 e. The van der Waals surface area contributed by atoms with Crippen LogP contribution in [0.15, 0.2) is 36.7 Å². The molecular weight excluding hydrogens is 262 g/mol. The molecule has 0 atom stereocenters. The van der Waals surface area contributed by atoms with Gasteiger partial charge in [-0.15, -0.1) is 0 Å². The molecule has 2 rings (SSSR count). The molecule has 0 aliphatic carbocycles. The van der Waals surface area contributed by atoms with Gasteiger partial charge in [0, 0.05) is 24.6 Å². The Morgan fingerprint density at radius 1 is 1.19 bits per heavy atom. The van der Waals surface area contributed by atoms with Crippen LogP contribution in [0.3, 0.4) is 0 Å². The van der Waals surface area contributed by atoms with Crippen molar-refractivity contribution in [3.05, 3.63) is 53.3 Å². The number of aryl methyl sites for hydroxylation is 2. The standard InChI is InChI=1S/C17H21N3O/c1-4-6-19-16-5-7-18-11-15(16)17(21)20-14-9-12(2)8-13(3)10-14/h5,7-11H,4,6H2,1-3H3,(H,18,19)(H,20,21). The average molecular weight is 283 g/mol. The molecule has 1 aromatic heterocycles. The first kappa shape index (κ1) is 15.0. The maximum absolute atomic E-state index is 12.4. The van der Waals surface area contributed by atoms with Crippen molar-refractivity contribution in [3.8, 4) is 0 Å². The van der Waals surface area contributed by atoms with Gasteiger partial charge >= 0.3 is 0 Å². The van der Waals surface area contributed by atoms with Crippen molar-refractivity contribution in [1.82, 2.24) is 4.98 Å². The normalized spacial score (nSPS) is 10.2. The molecule has 4 heteroatoms. The van der Waals surface area contributed by atoms with Gasteiger partial charge in [-0.2, -0.15) is 0 Å². The fourth-order valence-corrected chi connectivity index (χ4v) is 2.23. The van der Waals surface area contributed by atoms with Crippen molar-refractivity contribution in [2.24, 2.45) is 0 Å². The summed E-state index contributed by atoms with van der Waals surface area (Å²) in [5, 5.41) is 6.19. The number of rotatable bonds is 5. The van der Waals surface area contributed by atoms with Gasteiger partial charge in [0.15, 0.2) is 0 Å². The summed E-state index contributed by atoms with van der Waals surface area (Å²) in [5.41, 5.74) is 4.43.